The van der Waals surface area contributed by atoms with Crippen molar-refractivity contribution < 1.29 is 13.2 Å². The van der Waals surface area contributed by atoms with Gasteiger partial charge >= 0.3 is 6.03 Å². The van der Waals surface area contributed by atoms with Gasteiger partial charge in [-0.15, -0.1) is 0 Å². The van der Waals surface area contributed by atoms with Crippen LogP contribution in [0.3, 0.4) is 0 Å². The summed E-state index contributed by atoms with van der Waals surface area (Å²) in [4.78, 5) is 16.5. The van der Waals surface area contributed by atoms with Crippen LogP contribution in [0.2, 0.25) is 0 Å². The zero-order chi connectivity index (χ0) is 22.2. The van der Waals surface area contributed by atoms with E-state index in [1.807, 2.05) is 6.92 Å². The molecule has 0 aromatic heterocycles. The Morgan fingerprint density at radius 1 is 0.968 bits per heavy atom. The Hall–Kier alpha value is -2.58. The lowest BCUT2D eigenvalue weighted by molar-refractivity contribution is 0.247. The van der Waals surface area contributed by atoms with Gasteiger partial charge in [-0.1, -0.05) is 12.1 Å². The van der Waals surface area contributed by atoms with Crippen molar-refractivity contribution in [2.45, 2.75) is 32.1 Å². The number of nitrogens with one attached hydrogen (secondary N) is 1. The summed E-state index contributed by atoms with van der Waals surface area (Å²) in [6.45, 7) is 9.42. The van der Waals surface area contributed by atoms with E-state index < -0.39 is 10.0 Å². The van der Waals surface area contributed by atoms with Crippen LogP contribution in [0.1, 0.15) is 23.6 Å². The normalized spacial score (nSPS) is 17.0. The van der Waals surface area contributed by atoms with Crippen molar-refractivity contribution >= 4 is 27.4 Å². The number of carbonyl (C=O) groups is 1. The van der Waals surface area contributed by atoms with Crippen LogP contribution < -0.4 is 15.1 Å². The standard InChI is InChI=1S/C23H30N4O3S/c1-4-24-23(28)27-10-9-19-16-20(7-8-21(19)27)31(29,30)26-13-11-25(12-14-26)22-15-17(2)5-6-18(22)3/h5-8,15-16H,4,9-14H2,1-3H3,(H,24,28). The van der Waals surface area contributed by atoms with Crippen LogP contribution in [0.4, 0.5) is 16.2 Å². The molecule has 4 rings (SSSR count). The predicted octanol–water partition coefficient (Wildman–Crippen LogP) is 2.91. The molecule has 2 amide bonds. The molecule has 2 aromatic rings. The highest BCUT2D eigenvalue weighted by Gasteiger charge is 2.31. The summed E-state index contributed by atoms with van der Waals surface area (Å²) >= 11 is 0. The fourth-order valence-corrected chi connectivity index (χ4v) is 5.85. The van der Waals surface area contributed by atoms with E-state index >= 15 is 0 Å². The molecule has 0 spiro atoms. The molecule has 0 saturated carbocycles. The van der Waals surface area contributed by atoms with Crippen LogP contribution in [0.5, 0.6) is 0 Å². The van der Waals surface area contributed by atoms with E-state index in [0.29, 0.717) is 50.6 Å². The minimum atomic E-state index is -3.57. The number of aryl methyl sites for hydroxylation is 2. The molecule has 1 N–H and O–H groups in total. The summed E-state index contributed by atoms with van der Waals surface area (Å²) in [7, 11) is -3.57. The van der Waals surface area contributed by atoms with E-state index in [2.05, 4.69) is 42.3 Å². The van der Waals surface area contributed by atoms with Crippen LogP contribution in [0.15, 0.2) is 41.3 Å². The van der Waals surface area contributed by atoms with Gasteiger partial charge in [0.05, 0.1) is 4.90 Å². The molecule has 7 nitrogen and oxygen atoms in total. The third kappa shape index (κ3) is 4.14. The van der Waals surface area contributed by atoms with Gasteiger partial charge in [-0.25, -0.2) is 13.2 Å². The number of sulfonamides is 1. The summed E-state index contributed by atoms with van der Waals surface area (Å²) in [5, 5.41) is 2.81. The fraction of sp³-hybridized carbons (Fsp3) is 0.435. The molecular weight excluding hydrogens is 412 g/mol. The van der Waals surface area contributed by atoms with Crippen molar-refractivity contribution in [3.05, 3.63) is 53.1 Å². The average molecular weight is 443 g/mol. The summed E-state index contributed by atoms with van der Waals surface area (Å²) in [6.07, 6.45) is 0.663. The summed E-state index contributed by atoms with van der Waals surface area (Å²) < 4.78 is 28.1. The monoisotopic (exact) mass is 442 g/mol. The lowest BCUT2D eigenvalue weighted by Gasteiger charge is -2.36. The third-order valence-electron chi connectivity index (χ3n) is 6.10. The first-order valence-electron chi connectivity index (χ1n) is 10.8. The van der Waals surface area contributed by atoms with Crippen molar-refractivity contribution in [3.8, 4) is 0 Å². The summed E-state index contributed by atoms with van der Waals surface area (Å²) in [6, 6.07) is 11.4. The molecule has 0 radical (unpaired) electrons. The second-order valence-electron chi connectivity index (χ2n) is 8.21. The number of nitrogens with zero attached hydrogens (tertiary/aromatic N) is 3. The molecule has 31 heavy (non-hydrogen) atoms. The number of amides is 2. The lowest BCUT2D eigenvalue weighted by Crippen LogP contribution is -2.48. The van der Waals surface area contributed by atoms with Gasteiger partial charge in [0.15, 0.2) is 0 Å². The minimum absolute atomic E-state index is 0.139. The maximum Gasteiger partial charge on any atom is 0.321 e. The van der Waals surface area contributed by atoms with E-state index in [0.717, 1.165) is 11.3 Å². The molecule has 1 fully saturated rings. The SMILES string of the molecule is CCNC(=O)N1CCc2cc(S(=O)(=O)N3CCN(c4cc(C)ccc4C)CC3)ccc21. The number of carbonyl (C=O) groups excluding carboxylic acids is 1. The average Bonchev–Trinajstić information content (AvgIpc) is 3.19. The lowest BCUT2D eigenvalue weighted by atomic mass is 10.1. The summed E-state index contributed by atoms with van der Waals surface area (Å²) in [5.74, 6) is 0. The molecule has 0 atom stereocenters. The van der Waals surface area contributed by atoms with Crippen molar-refractivity contribution in [3.63, 3.8) is 0 Å². The molecule has 2 aliphatic rings. The molecule has 0 aliphatic carbocycles. The highest BCUT2D eigenvalue weighted by Crippen LogP contribution is 2.32. The first-order valence-corrected chi connectivity index (χ1v) is 12.3. The van der Waals surface area contributed by atoms with E-state index in [1.54, 1.807) is 27.4 Å². The van der Waals surface area contributed by atoms with Crippen molar-refractivity contribution in [1.82, 2.24) is 9.62 Å². The zero-order valence-electron chi connectivity index (χ0n) is 18.4. The van der Waals surface area contributed by atoms with Crippen LogP contribution in [-0.4, -0.2) is 58.0 Å². The van der Waals surface area contributed by atoms with Gasteiger partial charge in [-0.05, 0) is 68.1 Å². The summed E-state index contributed by atoms with van der Waals surface area (Å²) in [5.41, 5.74) is 5.29. The van der Waals surface area contributed by atoms with Crippen LogP contribution in [0, 0.1) is 13.8 Å². The highest BCUT2D eigenvalue weighted by atomic mass is 32.2. The minimum Gasteiger partial charge on any atom is -0.369 e. The molecule has 0 bridgehead atoms. The van der Waals surface area contributed by atoms with Crippen molar-refractivity contribution in [2.75, 3.05) is 49.1 Å². The quantitative estimate of drug-likeness (QED) is 0.790. The van der Waals surface area contributed by atoms with Crippen LogP contribution in [0.25, 0.3) is 0 Å². The second-order valence-corrected chi connectivity index (χ2v) is 10.1. The van der Waals surface area contributed by atoms with Gasteiger partial charge in [0, 0.05) is 50.6 Å². The van der Waals surface area contributed by atoms with Gasteiger partial charge < -0.3 is 10.2 Å². The number of hydrogen-bond donors (Lipinski definition) is 1. The third-order valence-corrected chi connectivity index (χ3v) is 8.00. The molecule has 2 aliphatic heterocycles. The van der Waals surface area contributed by atoms with Gasteiger partial charge in [-0.3, -0.25) is 4.90 Å². The Kier molecular flexibility index (Phi) is 5.94. The van der Waals surface area contributed by atoms with Gasteiger partial charge in [-0.2, -0.15) is 4.31 Å². The van der Waals surface area contributed by atoms with Crippen molar-refractivity contribution in [1.29, 1.82) is 0 Å². The number of benzene rings is 2. The maximum absolute atomic E-state index is 13.3. The van der Waals surface area contributed by atoms with E-state index in [4.69, 9.17) is 0 Å². The number of fused-ring (bicyclic) bond motifs is 1. The van der Waals surface area contributed by atoms with E-state index in [-0.39, 0.29) is 6.03 Å². The molecule has 8 heteroatoms. The number of rotatable bonds is 4. The highest BCUT2D eigenvalue weighted by molar-refractivity contribution is 7.89. The van der Waals surface area contributed by atoms with Crippen LogP contribution >= 0.6 is 0 Å². The molecule has 0 unspecified atom stereocenters. The van der Waals surface area contributed by atoms with Gasteiger partial charge in [0.2, 0.25) is 10.0 Å². The smallest absolute Gasteiger partial charge is 0.321 e. The predicted molar refractivity (Wildman–Crippen MR) is 123 cm³/mol. The topological polar surface area (TPSA) is 73.0 Å². The molecule has 2 heterocycles. The first kappa shape index (κ1) is 21.6. The second kappa shape index (κ2) is 8.51. The molecule has 166 valence electrons. The van der Waals surface area contributed by atoms with Gasteiger partial charge in [0.25, 0.3) is 0 Å². The number of anilines is 2. The van der Waals surface area contributed by atoms with E-state index in [1.165, 1.54) is 16.8 Å². The largest absolute Gasteiger partial charge is 0.369 e. The number of piperazine rings is 1. The van der Waals surface area contributed by atoms with E-state index in [9.17, 15) is 13.2 Å². The molecule has 2 aromatic carbocycles. The Balaban J connectivity index is 1.49. The number of hydrogen-bond acceptors (Lipinski definition) is 4. The first-order chi connectivity index (χ1) is 14.8. The Labute approximate surface area is 184 Å². The Morgan fingerprint density at radius 2 is 1.71 bits per heavy atom. The van der Waals surface area contributed by atoms with Crippen molar-refractivity contribution in [2.24, 2.45) is 0 Å². The molecular formula is C23H30N4O3S. The number of urea groups is 1. The Bertz CT molecular complexity index is 1090. The van der Waals surface area contributed by atoms with Crippen LogP contribution in [-0.2, 0) is 16.4 Å². The Morgan fingerprint density at radius 3 is 2.42 bits per heavy atom. The molecule has 1 saturated heterocycles. The maximum atomic E-state index is 13.3. The zero-order valence-corrected chi connectivity index (χ0v) is 19.2. The fourth-order valence-electron chi connectivity index (χ4n) is 4.37. The van der Waals surface area contributed by atoms with Gasteiger partial charge in [0.1, 0.15) is 0 Å².